The quantitative estimate of drug-likeness (QED) is 0.632. The molecule has 5 rings (SSSR count). The van der Waals surface area contributed by atoms with E-state index in [1.807, 2.05) is 28.8 Å². The summed E-state index contributed by atoms with van der Waals surface area (Å²) in [6.07, 6.45) is 6.85. The molecular weight excluding hydrogens is 404 g/mol. The van der Waals surface area contributed by atoms with E-state index < -0.39 is 10.0 Å². The molecule has 3 aromatic rings. The average molecular weight is 429 g/mol. The highest BCUT2D eigenvalue weighted by molar-refractivity contribution is 7.89. The molecule has 2 saturated heterocycles. The number of aryl methyl sites for hydroxylation is 1. The number of rotatable bonds is 4. The van der Waals surface area contributed by atoms with Gasteiger partial charge in [-0.05, 0) is 43.9 Å². The number of fused-ring (bicyclic) bond motifs is 1. The summed E-state index contributed by atoms with van der Waals surface area (Å²) in [6.45, 7) is 1.67. The van der Waals surface area contributed by atoms with E-state index in [2.05, 4.69) is 10.2 Å². The molecule has 0 saturated carbocycles. The van der Waals surface area contributed by atoms with E-state index in [1.54, 1.807) is 22.7 Å². The number of carbonyl (C=O) groups excluding carboxylic acids is 1. The Balaban J connectivity index is 1.46. The fourth-order valence-corrected chi connectivity index (χ4v) is 6.07. The second-order valence-corrected chi connectivity index (χ2v) is 9.86. The van der Waals surface area contributed by atoms with E-state index in [1.165, 1.54) is 10.4 Å². The molecule has 1 atom stereocenters. The molecule has 30 heavy (non-hydrogen) atoms. The van der Waals surface area contributed by atoms with Gasteiger partial charge < -0.3 is 9.47 Å². The lowest BCUT2D eigenvalue weighted by Crippen LogP contribution is -2.32. The zero-order valence-corrected chi connectivity index (χ0v) is 17.6. The van der Waals surface area contributed by atoms with Gasteiger partial charge in [-0.15, -0.1) is 10.2 Å². The summed E-state index contributed by atoms with van der Waals surface area (Å²) < 4.78 is 30.8. The van der Waals surface area contributed by atoms with Crippen molar-refractivity contribution >= 4 is 21.6 Å². The van der Waals surface area contributed by atoms with Gasteiger partial charge in [-0.2, -0.15) is 4.31 Å². The van der Waals surface area contributed by atoms with Crippen LogP contribution in [0.5, 0.6) is 0 Å². The summed E-state index contributed by atoms with van der Waals surface area (Å²) in [5, 5.41) is 8.55. The van der Waals surface area contributed by atoms with Gasteiger partial charge in [-0.1, -0.05) is 6.07 Å². The summed E-state index contributed by atoms with van der Waals surface area (Å²) in [4.78, 5) is 15.4. The molecule has 10 heteroatoms. The molecule has 0 spiro atoms. The van der Waals surface area contributed by atoms with Crippen LogP contribution in [-0.2, 0) is 17.1 Å². The van der Waals surface area contributed by atoms with Crippen molar-refractivity contribution in [2.24, 2.45) is 7.05 Å². The Labute approximate surface area is 175 Å². The highest BCUT2D eigenvalue weighted by atomic mass is 32.2. The number of hydrogen-bond donors (Lipinski definition) is 0. The SMILES string of the molecule is Cn1cc(S(=O)(=O)N2CCCC2)cc1C(=O)N1CCCC1c1nnc2ccccn12. The molecule has 0 aliphatic carbocycles. The third-order valence-corrected chi connectivity index (χ3v) is 7.92. The molecular formula is C20H24N6O3S. The third kappa shape index (κ3) is 3.02. The van der Waals surface area contributed by atoms with Gasteiger partial charge in [0.1, 0.15) is 10.6 Å². The Morgan fingerprint density at radius 3 is 2.70 bits per heavy atom. The Hall–Kier alpha value is -2.72. The molecule has 0 radical (unpaired) electrons. The van der Waals surface area contributed by atoms with Gasteiger partial charge in [-0.25, -0.2) is 8.42 Å². The second-order valence-electron chi connectivity index (χ2n) is 7.93. The van der Waals surface area contributed by atoms with E-state index in [-0.39, 0.29) is 16.8 Å². The minimum atomic E-state index is -3.57. The van der Waals surface area contributed by atoms with Crippen LogP contribution in [0, 0.1) is 0 Å². The molecule has 5 heterocycles. The first-order valence-electron chi connectivity index (χ1n) is 10.2. The molecule has 0 N–H and O–H groups in total. The standard InChI is InChI=1S/C20H24N6O3S/c1-23-14-15(30(28,29)24-9-4-5-10-24)13-17(23)20(27)25-12-6-7-16(25)19-22-21-18-8-2-3-11-26(18)19/h2-3,8,11,13-14,16H,4-7,9-10,12H2,1H3. The van der Waals surface area contributed by atoms with Crippen molar-refractivity contribution in [1.82, 2.24) is 28.4 Å². The molecule has 9 nitrogen and oxygen atoms in total. The van der Waals surface area contributed by atoms with Gasteiger partial charge in [0.25, 0.3) is 5.91 Å². The topological polar surface area (TPSA) is 92.8 Å². The normalized spacial score (nSPS) is 20.4. The average Bonchev–Trinajstić information content (AvgIpc) is 3.52. The van der Waals surface area contributed by atoms with Gasteiger partial charge in [0.05, 0.1) is 6.04 Å². The van der Waals surface area contributed by atoms with E-state index >= 15 is 0 Å². The molecule has 0 aromatic carbocycles. The minimum absolute atomic E-state index is 0.180. The Kier molecular flexibility index (Phi) is 4.62. The summed E-state index contributed by atoms with van der Waals surface area (Å²) in [5.41, 5.74) is 1.11. The van der Waals surface area contributed by atoms with Gasteiger partial charge in [0, 0.05) is 39.1 Å². The summed E-state index contributed by atoms with van der Waals surface area (Å²) in [6, 6.07) is 7.01. The second kappa shape index (κ2) is 7.21. The lowest BCUT2D eigenvalue weighted by molar-refractivity contribution is 0.0719. The zero-order chi connectivity index (χ0) is 20.9. The van der Waals surface area contributed by atoms with Crippen molar-refractivity contribution in [3.05, 3.63) is 48.2 Å². The molecule has 1 amide bonds. The third-order valence-electron chi connectivity index (χ3n) is 6.05. The number of hydrogen-bond acceptors (Lipinski definition) is 5. The van der Waals surface area contributed by atoms with Crippen LogP contribution < -0.4 is 0 Å². The molecule has 2 aliphatic rings. The molecule has 158 valence electrons. The number of sulfonamides is 1. The largest absolute Gasteiger partial charge is 0.345 e. The molecule has 1 unspecified atom stereocenters. The van der Waals surface area contributed by atoms with Crippen molar-refractivity contribution in [2.45, 2.75) is 36.6 Å². The molecule has 2 aliphatic heterocycles. The van der Waals surface area contributed by atoms with E-state index in [0.29, 0.717) is 25.3 Å². The first-order chi connectivity index (χ1) is 14.5. The number of pyridine rings is 1. The van der Waals surface area contributed by atoms with Gasteiger partial charge in [-0.3, -0.25) is 9.20 Å². The van der Waals surface area contributed by atoms with Crippen molar-refractivity contribution in [1.29, 1.82) is 0 Å². The van der Waals surface area contributed by atoms with Crippen LogP contribution in [0.25, 0.3) is 5.65 Å². The Morgan fingerprint density at radius 1 is 1.10 bits per heavy atom. The summed E-state index contributed by atoms with van der Waals surface area (Å²) in [5.74, 6) is 0.547. The van der Waals surface area contributed by atoms with Crippen molar-refractivity contribution < 1.29 is 13.2 Å². The zero-order valence-electron chi connectivity index (χ0n) is 16.8. The van der Waals surface area contributed by atoms with Crippen LogP contribution in [0.2, 0.25) is 0 Å². The van der Waals surface area contributed by atoms with E-state index in [4.69, 9.17) is 0 Å². The maximum Gasteiger partial charge on any atom is 0.271 e. The van der Waals surface area contributed by atoms with Gasteiger partial charge in [0.15, 0.2) is 11.5 Å². The summed E-state index contributed by atoms with van der Waals surface area (Å²) >= 11 is 0. The minimum Gasteiger partial charge on any atom is -0.345 e. The predicted molar refractivity (Wildman–Crippen MR) is 109 cm³/mol. The number of aromatic nitrogens is 4. The number of likely N-dealkylation sites (tertiary alicyclic amines) is 1. The monoisotopic (exact) mass is 428 g/mol. The van der Waals surface area contributed by atoms with Crippen molar-refractivity contribution in [2.75, 3.05) is 19.6 Å². The molecule has 3 aromatic heterocycles. The first-order valence-corrected chi connectivity index (χ1v) is 11.7. The summed E-state index contributed by atoms with van der Waals surface area (Å²) in [7, 11) is -1.85. The number of nitrogens with zero attached hydrogens (tertiary/aromatic N) is 6. The highest BCUT2D eigenvalue weighted by Gasteiger charge is 2.36. The number of amides is 1. The van der Waals surface area contributed by atoms with Crippen LogP contribution in [0.3, 0.4) is 0 Å². The van der Waals surface area contributed by atoms with Gasteiger partial charge >= 0.3 is 0 Å². The maximum atomic E-state index is 13.4. The van der Waals surface area contributed by atoms with E-state index in [0.717, 1.165) is 37.2 Å². The first kappa shape index (κ1) is 19.3. The van der Waals surface area contributed by atoms with Crippen molar-refractivity contribution in [3.63, 3.8) is 0 Å². The molecule has 2 fully saturated rings. The fraction of sp³-hybridized carbons (Fsp3) is 0.450. The Bertz CT molecular complexity index is 1210. The maximum absolute atomic E-state index is 13.4. The lowest BCUT2D eigenvalue weighted by atomic mass is 10.2. The van der Waals surface area contributed by atoms with Crippen LogP contribution >= 0.6 is 0 Å². The molecule has 0 bridgehead atoms. The van der Waals surface area contributed by atoms with Crippen molar-refractivity contribution in [3.8, 4) is 0 Å². The van der Waals surface area contributed by atoms with Gasteiger partial charge in [0.2, 0.25) is 10.0 Å². The van der Waals surface area contributed by atoms with Crippen LogP contribution in [0.15, 0.2) is 41.6 Å². The Morgan fingerprint density at radius 2 is 1.90 bits per heavy atom. The van der Waals surface area contributed by atoms with Crippen LogP contribution in [0.4, 0.5) is 0 Å². The lowest BCUT2D eigenvalue weighted by Gasteiger charge is -2.23. The van der Waals surface area contributed by atoms with Crippen LogP contribution in [-0.4, -0.2) is 62.3 Å². The van der Waals surface area contributed by atoms with E-state index in [9.17, 15) is 13.2 Å². The smallest absolute Gasteiger partial charge is 0.271 e. The highest BCUT2D eigenvalue weighted by Crippen LogP contribution is 2.33. The fourth-order valence-electron chi connectivity index (χ4n) is 4.48. The van der Waals surface area contributed by atoms with Crippen LogP contribution in [0.1, 0.15) is 48.0 Å². The number of carbonyl (C=O) groups is 1. The predicted octanol–water partition coefficient (Wildman–Crippen LogP) is 1.83.